The number of aryl methyl sites for hydroxylation is 2. The molecule has 0 fully saturated rings. The van der Waals surface area contributed by atoms with E-state index in [4.69, 9.17) is 4.74 Å². The molecule has 19 heavy (non-hydrogen) atoms. The van der Waals surface area contributed by atoms with Crippen molar-refractivity contribution in [1.29, 1.82) is 0 Å². The average Bonchev–Trinajstić information content (AvgIpc) is 2.84. The van der Waals surface area contributed by atoms with Crippen molar-refractivity contribution in [2.75, 3.05) is 6.61 Å². The van der Waals surface area contributed by atoms with Crippen molar-refractivity contribution < 1.29 is 9.53 Å². The Bertz CT molecular complexity index is 592. The summed E-state index contributed by atoms with van der Waals surface area (Å²) < 4.78 is 6.82. The first-order valence-corrected chi connectivity index (χ1v) is 6.17. The molecule has 0 aliphatic heterocycles. The van der Waals surface area contributed by atoms with E-state index in [1.54, 1.807) is 19.4 Å². The highest BCUT2D eigenvalue weighted by Crippen LogP contribution is 2.16. The van der Waals surface area contributed by atoms with E-state index in [-0.39, 0.29) is 5.97 Å². The van der Waals surface area contributed by atoms with E-state index < -0.39 is 0 Å². The van der Waals surface area contributed by atoms with Crippen molar-refractivity contribution in [3.05, 3.63) is 30.0 Å². The van der Waals surface area contributed by atoms with Gasteiger partial charge in [0.1, 0.15) is 5.69 Å². The number of ether oxygens (including phenoxy) is 1. The van der Waals surface area contributed by atoms with Crippen LogP contribution in [0.3, 0.4) is 0 Å². The van der Waals surface area contributed by atoms with Crippen molar-refractivity contribution in [2.45, 2.75) is 20.3 Å². The number of imidazole rings is 1. The van der Waals surface area contributed by atoms with Crippen LogP contribution in [0.5, 0.6) is 0 Å². The fourth-order valence-electron chi connectivity index (χ4n) is 1.76. The van der Waals surface area contributed by atoms with E-state index in [1.165, 1.54) is 6.20 Å². The highest BCUT2D eigenvalue weighted by atomic mass is 16.5. The van der Waals surface area contributed by atoms with Gasteiger partial charge in [-0.3, -0.25) is 0 Å². The molecule has 0 radical (unpaired) electrons. The van der Waals surface area contributed by atoms with Crippen LogP contribution in [0.1, 0.15) is 29.9 Å². The third-order valence-electron chi connectivity index (χ3n) is 2.74. The normalized spacial score (nSPS) is 10.5. The fourth-order valence-corrected chi connectivity index (χ4v) is 1.76. The average molecular weight is 260 g/mol. The number of hydrogen-bond donors (Lipinski definition) is 0. The van der Waals surface area contributed by atoms with Gasteiger partial charge in [-0.2, -0.15) is 0 Å². The van der Waals surface area contributed by atoms with E-state index in [1.807, 2.05) is 18.5 Å². The number of hydrogen-bond acceptors (Lipinski definition) is 5. The molecule has 0 spiro atoms. The van der Waals surface area contributed by atoms with Crippen molar-refractivity contribution in [1.82, 2.24) is 19.5 Å². The largest absolute Gasteiger partial charge is 0.462 e. The zero-order valence-corrected chi connectivity index (χ0v) is 11.3. The summed E-state index contributed by atoms with van der Waals surface area (Å²) in [7, 11) is 1.87. The lowest BCUT2D eigenvalue weighted by atomic mass is 10.2. The van der Waals surface area contributed by atoms with Crippen molar-refractivity contribution >= 4 is 5.97 Å². The Morgan fingerprint density at radius 1 is 1.37 bits per heavy atom. The molecule has 0 aliphatic rings. The Labute approximate surface area is 111 Å². The van der Waals surface area contributed by atoms with Crippen LogP contribution >= 0.6 is 0 Å². The maximum absolute atomic E-state index is 11.8. The summed E-state index contributed by atoms with van der Waals surface area (Å²) in [5, 5.41) is 0. The molecule has 0 bridgehead atoms. The van der Waals surface area contributed by atoms with Gasteiger partial charge in [-0.1, -0.05) is 6.92 Å². The summed E-state index contributed by atoms with van der Waals surface area (Å²) in [5.41, 5.74) is 1.92. The van der Waals surface area contributed by atoms with Crippen LogP contribution in [0.2, 0.25) is 0 Å². The van der Waals surface area contributed by atoms with Crippen molar-refractivity contribution in [3.63, 3.8) is 0 Å². The van der Waals surface area contributed by atoms with Crippen LogP contribution in [0.15, 0.2) is 18.7 Å². The zero-order chi connectivity index (χ0) is 13.8. The van der Waals surface area contributed by atoms with Crippen molar-refractivity contribution in [2.24, 2.45) is 7.05 Å². The van der Waals surface area contributed by atoms with Gasteiger partial charge in [0.2, 0.25) is 0 Å². The molecule has 2 heterocycles. The molecule has 0 saturated heterocycles. The van der Waals surface area contributed by atoms with Gasteiger partial charge in [0.25, 0.3) is 0 Å². The standard InChI is InChI=1S/C13H16N4O2/c1-4-10-9(13(18)19-5-2)6-15-12(16-10)11-7-14-8-17(11)3/h6-8H,4-5H2,1-3H3. The van der Waals surface area contributed by atoms with E-state index in [0.717, 1.165) is 5.69 Å². The SMILES string of the molecule is CCOC(=O)c1cnc(-c2cncn2C)nc1CC. The third kappa shape index (κ3) is 2.62. The lowest BCUT2D eigenvalue weighted by molar-refractivity contribution is 0.0524. The number of aromatic nitrogens is 4. The van der Waals surface area contributed by atoms with Crippen molar-refractivity contribution in [3.8, 4) is 11.5 Å². The second-order valence-electron chi connectivity index (χ2n) is 4.02. The summed E-state index contributed by atoms with van der Waals surface area (Å²) in [6.45, 7) is 4.05. The van der Waals surface area contributed by atoms with E-state index in [2.05, 4.69) is 15.0 Å². The first-order valence-electron chi connectivity index (χ1n) is 6.17. The number of esters is 1. The molecule has 0 atom stereocenters. The summed E-state index contributed by atoms with van der Waals surface area (Å²) in [6.07, 6.45) is 5.54. The Kier molecular flexibility index (Phi) is 3.89. The van der Waals surface area contributed by atoms with Gasteiger partial charge in [0.15, 0.2) is 5.82 Å². The van der Waals surface area contributed by atoms with E-state index >= 15 is 0 Å². The molecule has 100 valence electrons. The first-order chi connectivity index (χ1) is 9.17. The molecule has 2 aromatic heterocycles. The second-order valence-corrected chi connectivity index (χ2v) is 4.02. The van der Waals surface area contributed by atoms with Crippen LogP contribution in [0.4, 0.5) is 0 Å². The summed E-state index contributed by atoms with van der Waals surface area (Å²) >= 11 is 0. The summed E-state index contributed by atoms with van der Waals surface area (Å²) in [6, 6.07) is 0. The molecule has 0 amide bonds. The Hall–Kier alpha value is -2.24. The van der Waals surface area contributed by atoms with Crippen LogP contribution in [-0.2, 0) is 18.2 Å². The van der Waals surface area contributed by atoms with Gasteiger partial charge in [-0.05, 0) is 13.3 Å². The number of nitrogens with zero attached hydrogens (tertiary/aromatic N) is 4. The molecule has 2 aromatic rings. The molecule has 2 rings (SSSR count). The van der Waals surface area contributed by atoms with Crippen LogP contribution in [0.25, 0.3) is 11.5 Å². The highest BCUT2D eigenvalue weighted by molar-refractivity contribution is 5.90. The maximum Gasteiger partial charge on any atom is 0.341 e. The van der Waals surface area contributed by atoms with E-state index in [0.29, 0.717) is 30.1 Å². The molecule has 0 N–H and O–H groups in total. The third-order valence-corrected chi connectivity index (χ3v) is 2.74. The van der Waals surface area contributed by atoms with Crippen LogP contribution in [-0.4, -0.2) is 32.1 Å². The molecule has 0 aromatic carbocycles. The minimum absolute atomic E-state index is 0.339. The van der Waals surface area contributed by atoms with Gasteiger partial charge in [-0.15, -0.1) is 0 Å². The molecular formula is C13H16N4O2. The lowest BCUT2D eigenvalue weighted by Crippen LogP contribution is -2.11. The Balaban J connectivity index is 2.42. The van der Waals surface area contributed by atoms with Gasteiger partial charge >= 0.3 is 5.97 Å². The van der Waals surface area contributed by atoms with Gasteiger partial charge in [-0.25, -0.2) is 19.7 Å². The summed E-state index contributed by atoms with van der Waals surface area (Å²) in [5.74, 6) is 0.181. The van der Waals surface area contributed by atoms with Crippen LogP contribution < -0.4 is 0 Å². The Morgan fingerprint density at radius 2 is 2.16 bits per heavy atom. The molecule has 6 heteroatoms. The predicted molar refractivity (Wildman–Crippen MR) is 69.6 cm³/mol. The predicted octanol–water partition coefficient (Wildman–Crippen LogP) is 1.62. The molecule has 0 unspecified atom stereocenters. The smallest absolute Gasteiger partial charge is 0.341 e. The number of carbonyl (C=O) groups is 1. The lowest BCUT2D eigenvalue weighted by Gasteiger charge is -2.08. The second kappa shape index (κ2) is 5.60. The topological polar surface area (TPSA) is 69.9 Å². The number of rotatable bonds is 4. The fraction of sp³-hybridized carbons (Fsp3) is 0.385. The molecule has 6 nitrogen and oxygen atoms in total. The Morgan fingerprint density at radius 3 is 2.74 bits per heavy atom. The van der Waals surface area contributed by atoms with Crippen LogP contribution in [0, 0.1) is 0 Å². The zero-order valence-electron chi connectivity index (χ0n) is 11.3. The summed E-state index contributed by atoms with van der Waals surface area (Å²) in [4.78, 5) is 24.4. The maximum atomic E-state index is 11.8. The monoisotopic (exact) mass is 260 g/mol. The minimum Gasteiger partial charge on any atom is -0.462 e. The molecular weight excluding hydrogens is 244 g/mol. The first kappa shape index (κ1) is 13.2. The van der Waals surface area contributed by atoms with Gasteiger partial charge < -0.3 is 9.30 Å². The van der Waals surface area contributed by atoms with Gasteiger partial charge in [0.05, 0.1) is 30.4 Å². The van der Waals surface area contributed by atoms with E-state index in [9.17, 15) is 4.79 Å². The molecule has 0 saturated carbocycles. The highest BCUT2D eigenvalue weighted by Gasteiger charge is 2.16. The molecule has 0 aliphatic carbocycles. The quantitative estimate of drug-likeness (QED) is 0.781. The van der Waals surface area contributed by atoms with Gasteiger partial charge in [0, 0.05) is 13.2 Å². The minimum atomic E-state index is -0.379. The number of carbonyl (C=O) groups excluding carboxylic acids is 1.